The summed E-state index contributed by atoms with van der Waals surface area (Å²) >= 11 is 57.6. The number of amides is 10. The Kier molecular flexibility index (Phi) is 37.4. The van der Waals surface area contributed by atoms with Crippen LogP contribution in [0, 0.1) is 6.92 Å². The Morgan fingerprint density at radius 3 is 1.00 bits per heavy atom. The normalized spacial score (nSPS) is 10.1. The molecule has 0 fully saturated rings. The van der Waals surface area contributed by atoms with Crippen molar-refractivity contribution in [3.63, 3.8) is 0 Å². The number of rotatable bonds is 20. The molecule has 0 atom stereocenters. The maximum Gasteiger partial charge on any atom is 0.319 e. The highest BCUT2D eigenvalue weighted by Crippen LogP contribution is 2.38. The predicted molar refractivity (Wildman–Crippen MR) is 402 cm³/mol. The fraction of sp³-hybridized carbons (Fsp3) is 0.206. The summed E-state index contributed by atoms with van der Waals surface area (Å²) in [5.74, 6) is -1.43. The first kappa shape index (κ1) is 83.9. The summed E-state index contributed by atoms with van der Waals surface area (Å²) < 4.78 is 4.71. The molecule has 15 N–H and O–H groups in total. The fourth-order valence-corrected chi connectivity index (χ4v) is 10.3. The van der Waals surface area contributed by atoms with E-state index in [0.29, 0.717) is 61.2 Å². The molecule has 0 spiro atoms. The second kappa shape index (κ2) is 44.6. The third-order valence-corrected chi connectivity index (χ3v) is 15.8. The van der Waals surface area contributed by atoms with Gasteiger partial charge in [-0.1, -0.05) is 221 Å². The number of ether oxygens (including phenoxy) is 1. The SMILES string of the molecule is CCCCCNC(=O)Nc1cc(Cl)c(O)c(Cl)c1.CCOC(=O)CCNC(=O)Nc1cc(Cl)c(O)c(Cl)c1.Cc1ccccc1CNC(=O)Nc1cc(Cl)c(O)c(Cl)c1.O=C(NCCc1ccccc1)Nc1cc(Cl)c(O)c(Cl)c1.O=C(NCc1ccccc1)Nc1cc(Cl)c(O)c(Cl)c1. The van der Waals surface area contributed by atoms with Gasteiger partial charge in [0.2, 0.25) is 0 Å². The number of hydrogen-bond acceptors (Lipinski definition) is 12. The smallest absolute Gasteiger partial charge is 0.319 e. The molecule has 0 heterocycles. The zero-order valence-corrected chi connectivity index (χ0v) is 61.1. The van der Waals surface area contributed by atoms with E-state index in [1.807, 2.05) is 91.9 Å². The number of nitrogens with one attached hydrogen (secondary N) is 10. The fourth-order valence-electron chi connectivity index (χ4n) is 7.88. The largest absolute Gasteiger partial charge is 0.505 e. The van der Waals surface area contributed by atoms with Gasteiger partial charge in [0.15, 0.2) is 28.7 Å². The lowest BCUT2D eigenvalue weighted by Gasteiger charge is -2.10. The Morgan fingerprint density at radius 1 is 0.360 bits per heavy atom. The topological polar surface area (TPSA) is 333 Å². The van der Waals surface area contributed by atoms with Crippen molar-refractivity contribution < 1.29 is 59.0 Å². The zero-order valence-electron chi connectivity index (χ0n) is 53.5. The van der Waals surface area contributed by atoms with Gasteiger partial charge in [0.1, 0.15) is 0 Å². The van der Waals surface area contributed by atoms with Crippen molar-refractivity contribution in [3.05, 3.63) is 218 Å². The minimum Gasteiger partial charge on any atom is -0.505 e. The molecule has 8 rings (SSSR count). The van der Waals surface area contributed by atoms with E-state index < -0.39 is 6.03 Å². The highest BCUT2D eigenvalue weighted by atomic mass is 35.5. The van der Waals surface area contributed by atoms with E-state index in [1.54, 1.807) is 6.92 Å². The third-order valence-electron chi connectivity index (χ3n) is 12.9. The van der Waals surface area contributed by atoms with Gasteiger partial charge >= 0.3 is 36.1 Å². The van der Waals surface area contributed by atoms with E-state index in [2.05, 4.69) is 60.1 Å². The molecule has 0 saturated heterocycles. The number of carbonyl (C=O) groups excluding carboxylic acids is 6. The summed E-state index contributed by atoms with van der Waals surface area (Å²) in [5.41, 5.74) is 6.27. The first-order chi connectivity index (χ1) is 47.6. The van der Waals surface area contributed by atoms with Crippen LogP contribution in [0.4, 0.5) is 52.4 Å². The number of halogens is 10. The number of phenols is 5. The van der Waals surface area contributed by atoms with Gasteiger partial charge in [-0.15, -0.1) is 0 Å². The molecule has 0 unspecified atom stereocenters. The quantitative estimate of drug-likeness (QED) is 0.0192. The lowest BCUT2D eigenvalue weighted by molar-refractivity contribution is -0.142. The predicted octanol–water partition coefficient (Wildman–Crippen LogP) is 19.2. The van der Waals surface area contributed by atoms with Crippen LogP contribution in [0.15, 0.2) is 146 Å². The average Bonchev–Trinajstić information content (AvgIpc) is 0.891. The minimum absolute atomic E-state index is 0.0272. The molecule has 8 aromatic rings. The van der Waals surface area contributed by atoms with Crippen LogP contribution in [0.2, 0.25) is 50.2 Å². The van der Waals surface area contributed by atoms with Crippen molar-refractivity contribution in [2.45, 2.75) is 66.0 Å². The van der Waals surface area contributed by atoms with Crippen LogP contribution in [0.1, 0.15) is 61.8 Å². The molecule has 0 aliphatic carbocycles. The highest BCUT2D eigenvalue weighted by Gasteiger charge is 2.15. The Morgan fingerprint density at radius 2 is 0.660 bits per heavy atom. The number of benzene rings is 8. The lowest BCUT2D eigenvalue weighted by Crippen LogP contribution is -2.30. The molecule has 534 valence electrons. The van der Waals surface area contributed by atoms with Crippen molar-refractivity contribution in [3.8, 4) is 28.7 Å². The molecule has 0 bridgehead atoms. The molecular formula is C68H70Cl10N10O12. The first-order valence-electron chi connectivity index (χ1n) is 30.0. The molecular weight excluding hydrogens is 1500 g/mol. The number of carbonyl (C=O) groups is 6. The van der Waals surface area contributed by atoms with Crippen LogP contribution in [0.5, 0.6) is 28.7 Å². The molecule has 32 heteroatoms. The molecule has 22 nitrogen and oxygen atoms in total. The van der Waals surface area contributed by atoms with E-state index in [-0.39, 0.29) is 122 Å². The van der Waals surface area contributed by atoms with Crippen molar-refractivity contribution in [1.82, 2.24) is 26.6 Å². The minimum atomic E-state index is -0.521. The standard InChI is InChI=1S/2C15H14Cl2N2O2.C14H12Cl2N2O2.C12H14Cl2N2O4.C12H16Cl2N2O2/c1-9-4-2-3-5-10(9)8-18-15(21)19-11-6-12(16)14(20)13(17)7-11;16-12-8-11(9-13(17)14(12)20)19-15(21)18-7-6-10-4-2-1-3-5-10;15-11-6-10(7-12(16)13(11)19)18-14(20)17-8-9-4-2-1-3-5-9;1-2-20-10(17)3-4-15-12(19)16-7-5-8(13)11(18)9(14)6-7;1-2-3-4-5-15-12(18)16-8-6-9(13)11(17)10(14)7-8/h2-7,20H,8H2,1H3,(H2,18,19,21);1-5,8-9,20H,6-7H2,(H2,18,19,21);1-7,19H,8H2,(H2,17,18,20);5-6,18H,2-4H2,1H3,(H2,15,16,19);6-7,17H,2-5H2,1H3,(H2,15,16,18). The molecule has 0 aliphatic heterocycles. The number of aryl methyl sites for hydroxylation is 1. The molecule has 100 heavy (non-hydrogen) atoms. The van der Waals surface area contributed by atoms with Crippen LogP contribution in [-0.2, 0) is 29.0 Å². The second-order valence-corrected chi connectivity index (χ2v) is 24.7. The number of urea groups is 5. The van der Waals surface area contributed by atoms with Gasteiger partial charge < -0.3 is 83.4 Å². The van der Waals surface area contributed by atoms with Crippen LogP contribution in [-0.4, -0.2) is 87.9 Å². The molecule has 0 saturated carbocycles. The van der Waals surface area contributed by atoms with Gasteiger partial charge in [-0.2, -0.15) is 0 Å². The summed E-state index contributed by atoms with van der Waals surface area (Å²) in [6.45, 7) is 8.18. The van der Waals surface area contributed by atoms with E-state index in [0.717, 1.165) is 47.9 Å². The van der Waals surface area contributed by atoms with E-state index in [9.17, 15) is 54.3 Å². The lowest BCUT2D eigenvalue weighted by atomic mass is 10.1. The Labute approximate surface area is 627 Å². The molecule has 0 aliphatic rings. The second-order valence-electron chi connectivity index (χ2n) is 20.6. The van der Waals surface area contributed by atoms with Crippen molar-refractivity contribution in [2.75, 3.05) is 52.8 Å². The van der Waals surface area contributed by atoms with Gasteiger partial charge in [-0.05, 0) is 110 Å². The summed E-state index contributed by atoms with van der Waals surface area (Å²) in [7, 11) is 0. The Bertz CT molecular complexity index is 3930. The monoisotopic (exact) mass is 1570 g/mol. The summed E-state index contributed by atoms with van der Waals surface area (Å²) in [4.78, 5) is 69.4. The zero-order chi connectivity index (χ0) is 73.8. The van der Waals surface area contributed by atoms with Crippen molar-refractivity contribution in [2.24, 2.45) is 0 Å². The molecule has 8 aromatic carbocycles. The van der Waals surface area contributed by atoms with Gasteiger partial charge in [0.25, 0.3) is 0 Å². The van der Waals surface area contributed by atoms with Gasteiger partial charge in [-0.3, -0.25) is 4.79 Å². The number of anilines is 5. The highest BCUT2D eigenvalue weighted by molar-refractivity contribution is 6.40. The van der Waals surface area contributed by atoms with Crippen molar-refractivity contribution in [1.29, 1.82) is 0 Å². The number of aromatic hydroxyl groups is 5. The van der Waals surface area contributed by atoms with Gasteiger partial charge in [0, 0.05) is 61.2 Å². The van der Waals surface area contributed by atoms with Crippen LogP contribution >= 0.6 is 116 Å². The Balaban J connectivity index is 0.000000266. The van der Waals surface area contributed by atoms with Gasteiger partial charge in [0.05, 0.1) is 63.3 Å². The maximum absolute atomic E-state index is 11.8. The Hall–Kier alpha value is -8.52. The average molecular weight is 1570 g/mol. The van der Waals surface area contributed by atoms with Crippen LogP contribution in [0.3, 0.4) is 0 Å². The van der Waals surface area contributed by atoms with E-state index in [1.165, 1.54) is 60.7 Å². The maximum atomic E-state index is 11.8. The number of phenolic OH excluding ortho intramolecular Hbond substituents is 5. The molecule has 0 aromatic heterocycles. The van der Waals surface area contributed by atoms with Crippen molar-refractivity contribution >= 4 is 181 Å². The number of esters is 1. The summed E-state index contributed by atoms with van der Waals surface area (Å²) in [6, 6.07) is 39.4. The van der Waals surface area contributed by atoms with E-state index >= 15 is 0 Å². The first-order valence-corrected chi connectivity index (χ1v) is 33.8. The molecule has 0 radical (unpaired) electrons. The third kappa shape index (κ3) is 31.4. The van der Waals surface area contributed by atoms with Crippen LogP contribution < -0.4 is 53.2 Å². The van der Waals surface area contributed by atoms with Crippen LogP contribution in [0.25, 0.3) is 0 Å². The summed E-state index contributed by atoms with van der Waals surface area (Å²) in [6.07, 6.45) is 3.95. The number of unbranched alkanes of at least 4 members (excludes halogenated alkanes) is 2. The van der Waals surface area contributed by atoms with E-state index in [4.69, 9.17) is 121 Å². The molecule has 10 amide bonds. The number of hydrogen-bond donors (Lipinski definition) is 15. The van der Waals surface area contributed by atoms with Gasteiger partial charge in [-0.25, -0.2) is 24.0 Å². The summed E-state index contributed by atoms with van der Waals surface area (Å²) in [5, 5.41) is 74.1.